The largest absolute Gasteiger partial charge is 0.481 e. The molecule has 186 valence electrons. The van der Waals surface area contributed by atoms with Gasteiger partial charge in [0.25, 0.3) is 0 Å². The van der Waals surface area contributed by atoms with Gasteiger partial charge in [0.2, 0.25) is 0 Å². The Balaban J connectivity index is 1.60. The predicted molar refractivity (Wildman–Crippen MR) is 133 cm³/mol. The number of hydrogen-bond donors (Lipinski definition) is 2. The Hall–Kier alpha value is -0.830. The molecule has 33 heavy (non-hydrogen) atoms. The monoisotopic (exact) mass is 456 g/mol. The van der Waals surface area contributed by atoms with Gasteiger partial charge in [0.15, 0.2) is 0 Å². The minimum Gasteiger partial charge on any atom is -0.481 e. The summed E-state index contributed by atoms with van der Waals surface area (Å²) in [4.78, 5) is 12.8. The fourth-order valence-electron chi connectivity index (χ4n) is 10.6. The van der Waals surface area contributed by atoms with Crippen LogP contribution in [-0.4, -0.2) is 22.3 Å². The van der Waals surface area contributed by atoms with Crippen LogP contribution >= 0.6 is 0 Å². The number of carboxylic acids is 1. The first-order chi connectivity index (χ1) is 15.1. The molecular formula is C30H48O3. The number of aliphatic hydroxyl groups is 1. The first kappa shape index (κ1) is 23.9. The highest BCUT2D eigenvalue weighted by atomic mass is 16.4. The van der Waals surface area contributed by atoms with Gasteiger partial charge < -0.3 is 10.2 Å². The minimum atomic E-state index is -0.553. The van der Waals surface area contributed by atoms with Crippen molar-refractivity contribution < 1.29 is 15.0 Å². The van der Waals surface area contributed by atoms with Crippen LogP contribution in [0.4, 0.5) is 0 Å². The molecule has 5 aliphatic rings. The Labute approximate surface area is 201 Å². The van der Waals surface area contributed by atoms with E-state index < -0.39 is 11.4 Å². The van der Waals surface area contributed by atoms with Crippen molar-refractivity contribution in [3.8, 4) is 0 Å². The van der Waals surface area contributed by atoms with Crippen LogP contribution in [-0.2, 0) is 4.79 Å². The SMILES string of the molecule is CC1(C)CC[C@]2(C(=O)O)CC[C@]3(C)C(=CC[C@@H]4[C@]5(C)CC[C@@H](O)C(C)(C)[C@H]5CC[C@@]43C)[C@H]2C1. The highest BCUT2D eigenvalue weighted by molar-refractivity contribution is 5.76. The van der Waals surface area contributed by atoms with Crippen molar-refractivity contribution in [1.29, 1.82) is 0 Å². The van der Waals surface area contributed by atoms with Crippen LogP contribution in [0.1, 0.15) is 113 Å². The summed E-state index contributed by atoms with van der Waals surface area (Å²) in [6, 6.07) is 0. The second kappa shape index (κ2) is 6.89. The molecule has 8 atom stereocenters. The Morgan fingerprint density at radius 2 is 1.55 bits per heavy atom. The molecule has 3 nitrogen and oxygen atoms in total. The highest BCUT2D eigenvalue weighted by Gasteiger charge is 2.69. The van der Waals surface area contributed by atoms with E-state index in [0.717, 1.165) is 51.4 Å². The molecule has 4 fully saturated rings. The number of carboxylic acid groups (broad SMARTS) is 1. The molecule has 2 N–H and O–H groups in total. The van der Waals surface area contributed by atoms with Gasteiger partial charge in [0.05, 0.1) is 11.5 Å². The van der Waals surface area contributed by atoms with Crippen LogP contribution in [0.3, 0.4) is 0 Å². The molecule has 0 unspecified atom stereocenters. The van der Waals surface area contributed by atoms with Crippen molar-refractivity contribution in [1.82, 2.24) is 0 Å². The van der Waals surface area contributed by atoms with Gasteiger partial charge in [-0.1, -0.05) is 60.1 Å². The first-order valence-electron chi connectivity index (χ1n) is 13.8. The third kappa shape index (κ3) is 2.87. The van der Waals surface area contributed by atoms with E-state index in [1.165, 1.54) is 18.4 Å². The summed E-state index contributed by atoms with van der Waals surface area (Å²) in [5.74, 6) is 0.807. The molecule has 0 bridgehead atoms. The lowest BCUT2D eigenvalue weighted by atomic mass is 9.33. The average Bonchev–Trinajstić information content (AvgIpc) is 2.71. The van der Waals surface area contributed by atoms with Crippen LogP contribution < -0.4 is 0 Å². The number of rotatable bonds is 1. The fourth-order valence-corrected chi connectivity index (χ4v) is 10.6. The van der Waals surface area contributed by atoms with Crippen LogP contribution in [0, 0.1) is 50.2 Å². The quantitative estimate of drug-likeness (QED) is 0.409. The van der Waals surface area contributed by atoms with E-state index in [2.05, 4.69) is 54.5 Å². The summed E-state index contributed by atoms with van der Waals surface area (Å²) in [6.07, 6.45) is 12.6. The van der Waals surface area contributed by atoms with Gasteiger partial charge in [-0.15, -0.1) is 0 Å². The summed E-state index contributed by atoms with van der Waals surface area (Å²) in [7, 11) is 0. The number of fused-ring (bicyclic) bond motifs is 7. The van der Waals surface area contributed by atoms with Crippen LogP contribution in [0.5, 0.6) is 0 Å². The average molecular weight is 457 g/mol. The van der Waals surface area contributed by atoms with Gasteiger partial charge >= 0.3 is 5.97 Å². The molecule has 3 heteroatoms. The van der Waals surface area contributed by atoms with E-state index in [4.69, 9.17) is 0 Å². The maximum absolute atomic E-state index is 12.8. The Morgan fingerprint density at radius 3 is 2.21 bits per heavy atom. The molecule has 0 amide bonds. The topological polar surface area (TPSA) is 57.5 Å². The van der Waals surface area contributed by atoms with Crippen molar-refractivity contribution in [2.45, 2.75) is 119 Å². The number of aliphatic carboxylic acids is 1. The van der Waals surface area contributed by atoms with E-state index in [9.17, 15) is 15.0 Å². The number of carbonyl (C=O) groups is 1. The molecule has 5 rings (SSSR count). The fraction of sp³-hybridized carbons (Fsp3) is 0.900. The zero-order chi connectivity index (χ0) is 24.2. The number of aliphatic hydroxyl groups excluding tert-OH is 1. The van der Waals surface area contributed by atoms with Crippen molar-refractivity contribution in [3.05, 3.63) is 11.6 Å². The number of hydrogen-bond acceptors (Lipinski definition) is 2. The van der Waals surface area contributed by atoms with Crippen LogP contribution in [0.25, 0.3) is 0 Å². The second-order valence-corrected chi connectivity index (χ2v) is 15.1. The van der Waals surface area contributed by atoms with E-state index in [0.29, 0.717) is 11.8 Å². The highest BCUT2D eigenvalue weighted by Crippen LogP contribution is 2.75. The lowest BCUT2D eigenvalue weighted by molar-refractivity contribution is -0.205. The van der Waals surface area contributed by atoms with Crippen LogP contribution in [0.2, 0.25) is 0 Å². The smallest absolute Gasteiger partial charge is 0.310 e. The third-order valence-corrected chi connectivity index (χ3v) is 13.0. The third-order valence-electron chi connectivity index (χ3n) is 13.0. The van der Waals surface area contributed by atoms with E-state index in [1.807, 2.05) is 0 Å². The molecule has 0 spiro atoms. The van der Waals surface area contributed by atoms with Crippen molar-refractivity contribution >= 4 is 5.97 Å². The molecule has 0 saturated heterocycles. The molecule has 0 radical (unpaired) electrons. The summed E-state index contributed by atoms with van der Waals surface area (Å²) in [5.41, 5.74) is 1.68. The Bertz CT molecular complexity index is 885. The molecular weight excluding hydrogens is 408 g/mol. The van der Waals surface area contributed by atoms with Gasteiger partial charge in [-0.25, -0.2) is 0 Å². The van der Waals surface area contributed by atoms with Crippen LogP contribution in [0.15, 0.2) is 11.6 Å². The van der Waals surface area contributed by atoms with Gasteiger partial charge in [0.1, 0.15) is 0 Å². The van der Waals surface area contributed by atoms with Gasteiger partial charge in [-0.2, -0.15) is 0 Å². The van der Waals surface area contributed by atoms with Gasteiger partial charge in [-0.05, 0) is 109 Å². The van der Waals surface area contributed by atoms with E-state index in [1.54, 1.807) is 0 Å². The van der Waals surface area contributed by atoms with Crippen molar-refractivity contribution in [3.63, 3.8) is 0 Å². The zero-order valence-corrected chi connectivity index (χ0v) is 22.3. The van der Waals surface area contributed by atoms with Crippen molar-refractivity contribution in [2.75, 3.05) is 0 Å². The molecule has 5 aliphatic carbocycles. The summed E-state index contributed by atoms with van der Waals surface area (Å²) >= 11 is 0. The van der Waals surface area contributed by atoms with Crippen molar-refractivity contribution in [2.24, 2.45) is 50.2 Å². The predicted octanol–water partition coefficient (Wildman–Crippen LogP) is 7.23. The summed E-state index contributed by atoms with van der Waals surface area (Å²) in [6.45, 7) is 16.9. The standard InChI is InChI=1S/C30H48O3/c1-25(2)14-16-30(24(32)33)17-15-28(6)19(20(30)18-25)8-9-22-27(5)12-11-23(31)26(3,4)21(27)10-13-29(22,28)7/h8,20-23,31H,9-18H2,1-7H3,(H,32,33)/t20-,21-,22-,23-,27-,28-,29+,30+/m1/s1. The minimum absolute atomic E-state index is 0.0301. The molecule has 0 aromatic rings. The first-order valence-corrected chi connectivity index (χ1v) is 13.8. The molecule has 0 aliphatic heterocycles. The second-order valence-electron chi connectivity index (χ2n) is 15.1. The molecule has 0 heterocycles. The number of allylic oxidation sites excluding steroid dienone is 2. The molecule has 0 aromatic carbocycles. The van der Waals surface area contributed by atoms with E-state index >= 15 is 0 Å². The molecule has 4 saturated carbocycles. The lowest BCUT2D eigenvalue weighted by Gasteiger charge is -2.71. The maximum Gasteiger partial charge on any atom is 0.310 e. The molecule has 0 aromatic heterocycles. The summed E-state index contributed by atoms with van der Waals surface area (Å²) in [5, 5.41) is 21.4. The van der Waals surface area contributed by atoms with Gasteiger partial charge in [-0.3, -0.25) is 4.79 Å². The summed E-state index contributed by atoms with van der Waals surface area (Å²) < 4.78 is 0. The normalized spacial score (nSPS) is 52.4. The van der Waals surface area contributed by atoms with Gasteiger partial charge in [0, 0.05) is 0 Å². The Morgan fingerprint density at radius 1 is 0.879 bits per heavy atom. The van der Waals surface area contributed by atoms with E-state index in [-0.39, 0.29) is 39.1 Å². The zero-order valence-electron chi connectivity index (χ0n) is 22.3. The lowest BCUT2D eigenvalue weighted by Crippen LogP contribution is -2.65. The Kier molecular flexibility index (Phi) is 4.99. The maximum atomic E-state index is 12.8.